The maximum absolute atomic E-state index is 13.3. The fraction of sp³-hybridized carbons (Fsp3) is 0.417. The van der Waals surface area contributed by atoms with Gasteiger partial charge in [-0.05, 0) is 31.5 Å². The molecule has 0 amide bonds. The van der Waals surface area contributed by atoms with Crippen LogP contribution in [0.4, 0.5) is 4.39 Å². The highest BCUT2D eigenvalue weighted by Crippen LogP contribution is 2.26. The van der Waals surface area contributed by atoms with Gasteiger partial charge in [-0.1, -0.05) is 0 Å². The van der Waals surface area contributed by atoms with Crippen molar-refractivity contribution in [3.8, 4) is 0 Å². The first-order valence-electron chi connectivity index (χ1n) is 4.99. The van der Waals surface area contributed by atoms with E-state index in [1.165, 1.54) is 24.8 Å². The first kappa shape index (κ1) is 13.2. The molecule has 0 saturated carbocycles. The zero-order valence-corrected chi connectivity index (χ0v) is 10.5. The van der Waals surface area contributed by atoms with E-state index < -0.39 is 0 Å². The standard InChI is InChI=1S/C12H15FO2S/c1-8-6-12(16-5-4-15-3)10(9(2)14)7-11(8)13/h6-7H,4-5H2,1-3H3. The van der Waals surface area contributed by atoms with E-state index in [4.69, 9.17) is 4.74 Å². The Hall–Kier alpha value is -0.870. The number of thioether (sulfide) groups is 1. The maximum atomic E-state index is 13.3. The normalized spacial score (nSPS) is 10.5. The third kappa shape index (κ3) is 3.32. The van der Waals surface area contributed by atoms with Gasteiger partial charge in [-0.25, -0.2) is 4.39 Å². The molecule has 16 heavy (non-hydrogen) atoms. The molecule has 0 spiro atoms. The van der Waals surface area contributed by atoms with E-state index >= 15 is 0 Å². The van der Waals surface area contributed by atoms with E-state index in [0.29, 0.717) is 17.7 Å². The number of ether oxygens (including phenoxy) is 1. The number of hydrogen-bond donors (Lipinski definition) is 0. The Labute approximate surface area is 99.2 Å². The van der Waals surface area contributed by atoms with Crippen LogP contribution in [0.15, 0.2) is 17.0 Å². The van der Waals surface area contributed by atoms with Gasteiger partial charge in [0.25, 0.3) is 0 Å². The van der Waals surface area contributed by atoms with Crippen LogP contribution < -0.4 is 0 Å². The molecule has 2 nitrogen and oxygen atoms in total. The molecule has 0 N–H and O–H groups in total. The number of methoxy groups -OCH3 is 1. The van der Waals surface area contributed by atoms with Crippen LogP contribution in [0.5, 0.6) is 0 Å². The molecule has 1 aromatic carbocycles. The van der Waals surface area contributed by atoms with Gasteiger partial charge in [0.05, 0.1) is 6.61 Å². The second-order valence-electron chi connectivity index (χ2n) is 3.49. The molecule has 0 aromatic heterocycles. The molecule has 88 valence electrons. The highest BCUT2D eigenvalue weighted by atomic mass is 32.2. The fourth-order valence-electron chi connectivity index (χ4n) is 1.28. The van der Waals surface area contributed by atoms with Crippen molar-refractivity contribution in [1.29, 1.82) is 0 Å². The van der Waals surface area contributed by atoms with Crippen molar-refractivity contribution in [2.24, 2.45) is 0 Å². The number of ketones is 1. The van der Waals surface area contributed by atoms with Gasteiger partial charge >= 0.3 is 0 Å². The van der Waals surface area contributed by atoms with Crippen molar-refractivity contribution in [3.05, 3.63) is 29.1 Å². The quantitative estimate of drug-likeness (QED) is 0.451. The van der Waals surface area contributed by atoms with Crippen LogP contribution in [-0.4, -0.2) is 25.3 Å². The summed E-state index contributed by atoms with van der Waals surface area (Å²) < 4.78 is 18.3. The van der Waals surface area contributed by atoms with E-state index in [0.717, 1.165) is 10.6 Å². The Morgan fingerprint density at radius 2 is 2.19 bits per heavy atom. The Morgan fingerprint density at radius 3 is 2.75 bits per heavy atom. The van der Waals surface area contributed by atoms with E-state index in [9.17, 15) is 9.18 Å². The number of benzene rings is 1. The SMILES string of the molecule is COCCSc1cc(C)c(F)cc1C(C)=O. The van der Waals surface area contributed by atoms with Gasteiger partial charge in [0.1, 0.15) is 5.82 Å². The monoisotopic (exact) mass is 242 g/mol. The number of Topliss-reactive ketones (excluding diaryl/α,β-unsaturated/α-hetero) is 1. The van der Waals surface area contributed by atoms with Crippen LogP contribution in [0, 0.1) is 12.7 Å². The molecule has 0 aliphatic carbocycles. The second-order valence-corrected chi connectivity index (χ2v) is 4.63. The Kier molecular flexibility index (Phi) is 4.96. The van der Waals surface area contributed by atoms with Gasteiger partial charge in [0.2, 0.25) is 0 Å². The minimum Gasteiger partial charge on any atom is -0.384 e. The topological polar surface area (TPSA) is 26.3 Å². The lowest BCUT2D eigenvalue weighted by Crippen LogP contribution is -2.00. The Balaban J connectivity index is 2.95. The molecule has 0 fully saturated rings. The third-order valence-electron chi connectivity index (χ3n) is 2.19. The lowest BCUT2D eigenvalue weighted by atomic mass is 10.1. The summed E-state index contributed by atoms with van der Waals surface area (Å²) in [6, 6.07) is 3.03. The van der Waals surface area contributed by atoms with Crippen LogP contribution in [0.25, 0.3) is 0 Å². The summed E-state index contributed by atoms with van der Waals surface area (Å²) in [6.07, 6.45) is 0. The maximum Gasteiger partial charge on any atom is 0.161 e. The lowest BCUT2D eigenvalue weighted by molar-refractivity contribution is 0.101. The largest absolute Gasteiger partial charge is 0.384 e. The molecule has 0 heterocycles. The Morgan fingerprint density at radius 1 is 1.50 bits per heavy atom. The number of aryl methyl sites for hydroxylation is 1. The second kappa shape index (κ2) is 6.01. The van der Waals surface area contributed by atoms with E-state index in [1.807, 2.05) is 0 Å². The summed E-state index contributed by atoms with van der Waals surface area (Å²) in [6.45, 7) is 3.75. The fourth-order valence-corrected chi connectivity index (χ4v) is 2.37. The predicted octanol–water partition coefficient (Wildman–Crippen LogP) is 3.08. The zero-order chi connectivity index (χ0) is 12.1. The molecule has 0 radical (unpaired) electrons. The van der Waals surface area contributed by atoms with Crippen LogP contribution in [0.3, 0.4) is 0 Å². The van der Waals surface area contributed by atoms with Gasteiger partial charge in [-0.3, -0.25) is 4.79 Å². The summed E-state index contributed by atoms with van der Waals surface area (Å²) in [5.41, 5.74) is 1.01. The third-order valence-corrected chi connectivity index (χ3v) is 3.20. The number of halogens is 1. The van der Waals surface area contributed by atoms with Crippen molar-refractivity contribution in [2.45, 2.75) is 18.7 Å². The number of hydrogen-bond acceptors (Lipinski definition) is 3. The minimum absolute atomic E-state index is 0.112. The molecule has 0 saturated heterocycles. The smallest absolute Gasteiger partial charge is 0.161 e. The van der Waals surface area contributed by atoms with Crippen molar-refractivity contribution in [3.63, 3.8) is 0 Å². The first-order valence-corrected chi connectivity index (χ1v) is 5.97. The van der Waals surface area contributed by atoms with Gasteiger partial charge in [-0.15, -0.1) is 11.8 Å². The lowest BCUT2D eigenvalue weighted by Gasteiger charge is -2.08. The van der Waals surface area contributed by atoms with E-state index in [-0.39, 0.29) is 11.6 Å². The first-order chi connectivity index (χ1) is 7.56. The van der Waals surface area contributed by atoms with Gasteiger partial charge in [-0.2, -0.15) is 0 Å². The molecule has 4 heteroatoms. The number of carbonyl (C=O) groups excluding carboxylic acids is 1. The van der Waals surface area contributed by atoms with Crippen molar-refractivity contribution < 1.29 is 13.9 Å². The summed E-state index contributed by atoms with van der Waals surface area (Å²) in [7, 11) is 1.63. The van der Waals surface area contributed by atoms with Crippen molar-refractivity contribution in [2.75, 3.05) is 19.5 Å². The minimum atomic E-state index is -0.332. The van der Waals surface area contributed by atoms with Crippen LogP contribution in [-0.2, 0) is 4.74 Å². The van der Waals surface area contributed by atoms with Crippen molar-refractivity contribution >= 4 is 17.5 Å². The molecule has 0 aliphatic rings. The molecular weight excluding hydrogens is 227 g/mol. The molecule has 1 aromatic rings. The van der Waals surface area contributed by atoms with E-state index in [1.54, 1.807) is 20.1 Å². The zero-order valence-electron chi connectivity index (χ0n) is 9.67. The Bertz CT molecular complexity index is 391. The summed E-state index contributed by atoms with van der Waals surface area (Å²) in [4.78, 5) is 12.2. The van der Waals surface area contributed by atoms with Gasteiger partial charge < -0.3 is 4.74 Å². The van der Waals surface area contributed by atoms with Crippen LogP contribution in [0.2, 0.25) is 0 Å². The predicted molar refractivity (Wildman–Crippen MR) is 63.7 cm³/mol. The molecule has 0 unspecified atom stereocenters. The summed E-state index contributed by atoms with van der Waals surface area (Å²) in [5.74, 6) is 0.307. The van der Waals surface area contributed by atoms with Gasteiger partial charge in [0, 0.05) is 23.3 Å². The van der Waals surface area contributed by atoms with Crippen molar-refractivity contribution in [1.82, 2.24) is 0 Å². The summed E-state index contributed by atoms with van der Waals surface area (Å²) in [5, 5.41) is 0. The molecular formula is C12H15FO2S. The molecule has 0 aliphatic heterocycles. The van der Waals surface area contributed by atoms with Crippen LogP contribution >= 0.6 is 11.8 Å². The highest BCUT2D eigenvalue weighted by Gasteiger charge is 2.11. The molecule has 1 rings (SSSR count). The average molecular weight is 242 g/mol. The van der Waals surface area contributed by atoms with E-state index in [2.05, 4.69) is 0 Å². The average Bonchev–Trinajstić information content (AvgIpc) is 2.23. The molecule has 0 bridgehead atoms. The van der Waals surface area contributed by atoms with Crippen LogP contribution in [0.1, 0.15) is 22.8 Å². The molecule has 0 atom stereocenters. The number of carbonyl (C=O) groups is 1. The number of rotatable bonds is 5. The summed E-state index contributed by atoms with van der Waals surface area (Å²) >= 11 is 1.51. The van der Waals surface area contributed by atoms with Gasteiger partial charge in [0.15, 0.2) is 5.78 Å². The highest BCUT2D eigenvalue weighted by molar-refractivity contribution is 7.99.